The first kappa shape index (κ1) is 21.2. The Morgan fingerprint density at radius 3 is 2.28 bits per heavy atom. The second-order valence-corrected chi connectivity index (χ2v) is 7.86. The third kappa shape index (κ3) is 6.18. The van der Waals surface area contributed by atoms with Gasteiger partial charge in [-0.25, -0.2) is 0 Å². The molecule has 1 amide bonds. The normalized spacial score (nSPS) is 11.5. The van der Waals surface area contributed by atoms with Crippen LogP contribution in [0.15, 0.2) is 18.2 Å². The summed E-state index contributed by atoms with van der Waals surface area (Å²) in [5.41, 5.74) is 2.45. The number of rotatable bonds is 7. The van der Waals surface area contributed by atoms with Crippen LogP contribution in [0.5, 0.6) is 0 Å². The fourth-order valence-electron chi connectivity index (χ4n) is 2.71. The SMILES string of the molecule is CCOC(=O)Cc1ccc(CC)c(N(CC(C)C)C(=O)C(C)(C)C)c1. The summed E-state index contributed by atoms with van der Waals surface area (Å²) in [6.45, 7) is 15.0. The number of carbonyl (C=O) groups is 2. The molecule has 25 heavy (non-hydrogen) atoms. The molecule has 0 aliphatic carbocycles. The number of aryl methyl sites for hydroxylation is 1. The van der Waals surface area contributed by atoms with E-state index in [0.717, 1.165) is 23.2 Å². The fourth-order valence-corrected chi connectivity index (χ4v) is 2.71. The average molecular weight is 347 g/mol. The molecule has 0 N–H and O–H groups in total. The molecule has 1 aromatic rings. The molecule has 0 bridgehead atoms. The molecule has 0 aliphatic rings. The van der Waals surface area contributed by atoms with E-state index < -0.39 is 5.41 Å². The van der Waals surface area contributed by atoms with Gasteiger partial charge in [-0.15, -0.1) is 0 Å². The van der Waals surface area contributed by atoms with E-state index in [9.17, 15) is 9.59 Å². The summed E-state index contributed by atoms with van der Waals surface area (Å²) < 4.78 is 5.05. The molecule has 1 aromatic carbocycles. The fraction of sp³-hybridized carbons (Fsp3) is 0.619. The number of benzene rings is 1. The van der Waals surface area contributed by atoms with Crippen molar-refractivity contribution in [2.24, 2.45) is 11.3 Å². The van der Waals surface area contributed by atoms with Gasteiger partial charge < -0.3 is 9.64 Å². The molecule has 0 unspecified atom stereocenters. The second kappa shape index (κ2) is 9.02. The van der Waals surface area contributed by atoms with Crippen molar-refractivity contribution in [3.05, 3.63) is 29.3 Å². The first-order valence-electron chi connectivity index (χ1n) is 9.19. The summed E-state index contributed by atoms with van der Waals surface area (Å²) in [6.07, 6.45) is 1.06. The summed E-state index contributed by atoms with van der Waals surface area (Å²) in [5.74, 6) is 0.212. The number of esters is 1. The average Bonchev–Trinajstić information content (AvgIpc) is 2.51. The maximum atomic E-state index is 13.0. The number of hydrogen-bond acceptors (Lipinski definition) is 3. The van der Waals surface area contributed by atoms with Gasteiger partial charge in [-0.1, -0.05) is 53.7 Å². The van der Waals surface area contributed by atoms with E-state index in [4.69, 9.17) is 4.74 Å². The van der Waals surface area contributed by atoms with Crippen LogP contribution in [0.4, 0.5) is 5.69 Å². The minimum atomic E-state index is -0.461. The highest BCUT2D eigenvalue weighted by atomic mass is 16.5. The van der Waals surface area contributed by atoms with Crippen LogP contribution >= 0.6 is 0 Å². The highest BCUT2D eigenvalue weighted by Gasteiger charge is 2.30. The predicted molar refractivity (Wildman–Crippen MR) is 103 cm³/mol. The van der Waals surface area contributed by atoms with E-state index >= 15 is 0 Å². The molecule has 0 aliphatic heterocycles. The Labute approximate surface area is 152 Å². The highest BCUT2D eigenvalue weighted by Crippen LogP contribution is 2.29. The standard InChI is InChI=1S/C21H33NO3/c1-8-17-11-10-16(13-19(23)25-9-2)12-18(17)22(14-15(3)4)20(24)21(5,6)7/h10-12,15H,8-9,13-14H2,1-7H3. The van der Waals surface area contributed by atoms with Gasteiger partial charge in [-0.2, -0.15) is 0 Å². The van der Waals surface area contributed by atoms with Crippen LogP contribution in [-0.2, 0) is 27.2 Å². The smallest absolute Gasteiger partial charge is 0.310 e. The van der Waals surface area contributed by atoms with Crippen molar-refractivity contribution >= 4 is 17.6 Å². The van der Waals surface area contributed by atoms with Crippen LogP contribution in [0.1, 0.15) is 59.6 Å². The zero-order chi connectivity index (χ0) is 19.2. The van der Waals surface area contributed by atoms with Gasteiger partial charge in [-0.3, -0.25) is 9.59 Å². The largest absolute Gasteiger partial charge is 0.466 e. The second-order valence-electron chi connectivity index (χ2n) is 7.86. The molecule has 0 saturated carbocycles. The molecule has 4 nitrogen and oxygen atoms in total. The molecule has 0 saturated heterocycles. The van der Waals surface area contributed by atoms with E-state index in [-0.39, 0.29) is 18.3 Å². The van der Waals surface area contributed by atoms with Gasteiger partial charge in [0.1, 0.15) is 0 Å². The van der Waals surface area contributed by atoms with Gasteiger partial charge in [0, 0.05) is 17.6 Å². The van der Waals surface area contributed by atoms with E-state index in [1.165, 1.54) is 0 Å². The van der Waals surface area contributed by atoms with E-state index in [1.807, 2.05) is 43.9 Å². The minimum absolute atomic E-state index is 0.101. The maximum Gasteiger partial charge on any atom is 0.310 e. The lowest BCUT2D eigenvalue weighted by molar-refractivity contribution is -0.142. The Hall–Kier alpha value is -1.84. The summed E-state index contributed by atoms with van der Waals surface area (Å²) in [4.78, 5) is 26.7. The third-order valence-electron chi connectivity index (χ3n) is 3.91. The van der Waals surface area contributed by atoms with Crippen LogP contribution in [0.2, 0.25) is 0 Å². The van der Waals surface area contributed by atoms with Crippen LogP contribution in [0, 0.1) is 11.3 Å². The summed E-state index contributed by atoms with van der Waals surface area (Å²) in [7, 11) is 0. The van der Waals surface area contributed by atoms with Crippen molar-refractivity contribution in [1.29, 1.82) is 0 Å². The zero-order valence-corrected chi connectivity index (χ0v) is 16.8. The molecular weight excluding hydrogens is 314 g/mol. The lowest BCUT2D eigenvalue weighted by Gasteiger charge is -2.32. The topological polar surface area (TPSA) is 46.6 Å². The monoisotopic (exact) mass is 347 g/mol. The maximum absolute atomic E-state index is 13.0. The predicted octanol–water partition coefficient (Wildman–Crippen LogP) is 4.39. The molecule has 0 fully saturated rings. The van der Waals surface area contributed by atoms with Crippen molar-refractivity contribution < 1.29 is 14.3 Å². The lowest BCUT2D eigenvalue weighted by atomic mass is 9.93. The van der Waals surface area contributed by atoms with Crippen molar-refractivity contribution in [2.75, 3.05) is 18.1 Å². The minimum Gasteiger partial charge on any atom is -0.466 e. The Morgan fingerprint density at radius 1 is 1.16 bits per heavy atom. The molecule has 4 heteroatoms. The molecule has 140 valence electrons. The lowest BCUT2D eigenvalue weighted by Crippen LogP contribution is -2.42. The van der Waals surface area contributed by atoms with Gasteiger partial charge >= 0.3 is 5.97 Å². The summed E-state index contributed by atoms with van der Waals surface area (Å²) in [5, 5.41) is 0. The van der Waals surface area contributed by atoms with E-state index in [0.29, 0.717) is 19.1 Å². The zero-order valence-electron chi connectivity index (χ0n) is 16.8. The van der Waals surface area contributed by atoms with Crippen LogP contribution < -0.4 is 4.90 Å². The number of amides is 1. The molecule has 0 heterocycles. The quantitative estimate of drug-likeness (QED) is 0.687. The number of nitrogens with zero attached hydrogens (tertiary/aromatic N) is 1. The van der Waals surface area contributed by atoms with Crippen LogP contribution in [0.25, 0.3) is 0 Å². The Kier molecular flexibility index (Phi) is 7.65. The van der Waals surface area contributed by atoms with Gasteiger partial charge in [0.2, 0.25) is 5.91 Å². The first-order chi connectivity index (χ1) is 11.6. The molecular formula is C21H33NO3. The molecule has 0 spiro atoms. The van der Waals surface area contributed by atoms with E-state index in [2.05, 4.69) is 20.8 Å². The molecule has 0 atom stereocenters. The van der Waals surface area contributed by atoms with Gasteiger partial charge in [0.15, 0.2) is 0 Å². The number of anilines is 1. The molecule has 1 rings (SSSR count). The number of ether oxygens (including phenoxy) is 1. The van der Waals surface area contributed by atoms with Crippen molar-refractivity contribution in [3.63, 3.8) is 0 Å². The molecule has 0 radical (unpaired) electrons. The Bertz CT molecular complexity index is 600. The van der Waals surface area contributed by atoms with Crippen LogP contribution in [0.3, 0.4) is 0 Å². The molecule has 0 aromatic heterocycles. The van der Waals surface area contributed by atoms with Crippen molar-refractivity contribution in [1.82, 2.24) is 0 Å². The van der Waals surface area contributed by atoms with Crippen LogP contribution in [-0.4, -0.2) is 25.0 Å². The third-order valence-corrected chi connectivity index (χ3v) is 3.91. The summed E-state index contributed by atoms with van der Waals surface area (Å²) >= 11 is 0. The van der Waals surface area contributed by atoms with E-state index in [1.54, 1.807) is 6.92 Å². The number of hydrogen-bond donors (Lipinski definition) is 0. The Morgan fingerprint density at radius 2 is 1.80 bits per heavy atom. The highest BCUT2D eigenvalue weighted by molar-refractivity contribution is 5.97. The van der Waals surface area contributed by atoms with Gasteiger partial charge in [-0.05, 0) is 36.5 Å². The first-order valence-corrected chi connectivity index (χ1v) is 9.19. The number of carbonyl (C=O) groups excluding carboxylic acids is 2. The Balaban J connectivity index is 3.30. The summed E-state index contributed by atoms with van der Waals surface area (Å²) in [6, 6.07) is 5.95. The van der Waals surface area contributed by atoms with Gasteiger partial charge in [0.25, 0.3) is 0 Å². The van der Waals surface area contributed by atoms with Crippen molar-refractivity contribution in [2.45, 2.75) is 61.3 Å². The van der Waals surface area contributed by atoms with Crippen molar-refractivity contribution in [3.8, 4) is 0 Å². The van der Waals surface area contributed by atoms with Gasteiger partial charge in [0.05, 0.1) is 13.0 Å².